The summed E-state index contributed by atoms with van der Waals surface area (Å²) >= 11 is 3.43. The number of nitrogens with zero attached hydrogens (tertiary/aromatic N) is 1. The monoisotopic (exact) mass is 400 g/mol. The van der Waals surface area contributed by atoms with Crippen molar-refractivity contribution in [2.75, 3.05) is 19.0 Å². The molecule has 0 heterocycles. The average Bonchev–Trinajstić information content (AvgIpc) is 2.62. The van der Waals surface area contributed by atoms with Gasteiger partial charge in [0.2, 0.25) is 0 Å². The summed E-state index contributed by atoms with van der Waals surface area (Å²) in [6.45, 7) is 2.38. The van der Waals surface area contributed by atoms with Crippen molar-refractivity contribution in [1.29, 1.82) is 5.26 Å². The standard InChI is InChI=1S/C19H17BrN2O3/c1-3-25-18-11-16(20)13(10-17(18)24-2)9-14(12-21)19(23)22-15-7-5-4-6-8-15/h4-11H,3H2,1-2H3,(H,22,23)/b14-9+. The largest absolute Gasteiger partial charge is 0.493 e. The Hall–Kier alpha value is -2.78. The highest BCUT2D eigenvalue weighted by Gasteiger charge is 2.13. The number of anilines is 1. The maximum atomic E-state index is 12.3. The fourth-order valence-corrected chi connectivity index (χ4v) is 2.55. The number of nitrogens with one attached hydrogen (secondary N) is 1. The molecule has 2 rings (SSSR count). The summed E-state index contributed by atoms with van der Waals surface area (Å²) in [6, 6.07) is 14.4. The Morgan fingerprint density at radius 3 is 2.60 bits per heavy atom. The van der Waals surface area contributed by atoms with E-state index in [4.69, 9.17) is 9.47 Å². The molecule has 0 saturated heterocycles. The lowest BCUT2D eigenvalue weighted by Crippen LogP contribution is -2.13. The molecule has 128 valence electrons. The quantitative estimate of drug-likeness (QED) is 0.575. The van der Waals surface area contributed by atoms with Crippen molar-refractivity contribution in [2.45, 2.75) is 6.92 Å². The van der Waals surface area contributed by atoms with Gasteiger partial charge in [0.1, 0.15) is 11.6 Å². The van der Waals surface area contributed by atoms with Crippen molar-refractivity contribution in [3.63, 3.8) is 0 Å². The molecule has 0 unspecified atom stereocenters. The van der Waals surface area contributed by atoms with Crippen LogP contribution in [0.2, 0.25) is 0 Å². The number of benzene rings is 2. The van der Waals surface area contributed by atoms with Crippen LogP contribution in [-0.4, -0.2) is 19.6 Å². The Labute approximate surface area is 155 Å². The van der Waals surface area contributed by atoms with Crippen molar-refractivity contribution in [3.05, 3.63) is 58.1 Å². The molecule has 0 aliphatic heterocycles. The normalized spacial score (nSPS) is 10.7. The van der Waals surface area contributed by atoms with E-state index in [1.54, 1.807) is 36.4 Å². The maximum Gasteiger partial charge on any atom is 0.266 e. The van der Waals surface area contributed by atoms with E-state index < -0.39 is 5.91 Å². The maximum absolute atomic E-state index is 12.3. The molecule has 0 aliphatic carbocycles. The molecule has 0 fully saturated rings. The summed E-state index contributed by atoms with van der Waals surface area (Å²) < 4.78 is 11.5. The van der Waals surface area contributed by atoms with Crippen LogP contribution in [-0.2, 0) is 4.79 Å². The molecule has 0 bridgehead atoms. The summed E-state index contributed by atoms with van der Waals surface area (Å²) in [6.07, 6.45) is 1.50. The minimum Gasteiger partial charge on any atom is -0.493 e. The van der Waals surface area contributed by atoms with Gasteiger partial charge in [-0.3, -0.25) is 4.79 Å². The van der Waals surface area contributed by atoms with Crippen LogP contribution < -0.4 is 14.8 Å². The molecule has 0 spiro atoms. The van der Waals surface area contributed by atoms with E-state index >= 15 is 0 Å². The number of para-hydroxylation sites is 1. The molecule has 0 aromatic heterocycles. The number of amides is 1. The van der Waals surface area contributed by atoms with Crippen molar-refractivity contribution in [1.82, 2.24) is 0 Å². The Morgan fingerprint density at radius 2 is 2.00 bits per heavy atom. The van der Waals surface area contributed by atoms with Crippen molar-refractivity contribution < 1.29 is 14.3 Å². The third kappa shape index (κ3) is 4.85. The summed E-state index contributed by atoms with van der Waals surface area (Å²) in [5.74, 6) is 0.631. The van der Waals surface area contributed by atoms with Gasteiger partial charge in [-0.05, 0) is 42.8 Å². The summed E-state index contributed by atoms with van der Waals surface area (Å²) in [4.78, 5) is 12.3. The first kappa shape index (κ1) is 18.6. The van der Waals surface area contributed by atoms with Crippen molar-refractivity contribution >= 4 is 33.6 Å². The topological polar surface area (TPSA) is 71.3 Å². The van der Waals surface area contributed by atoms with E-state index in [0.717, 1.165) is 0 Å². The highest BCUT2D eigenvalue weighted by molar-refractivity contribution is 9.10. The Bertz CT molecular complexity index is 827. The highest BCUT2D eigenvalue weighted by atomic mass is 79.9. The number of hydrogen-bond acceptors (Lipinski definition) is 4. The molecule has 6 heteroatoms. The van der Waals surface area contributed by atoms with Crippen LogP contribution in [0.5, 0.6) is 11.5 Å². The van der Waals surface area contributed by atoms with Crippen LogP contribution in [0.4, 0.5) is 5.69 Å². The predicted octanol–water partition coefficient (Wildman–Crippen LogP) is 4.40. The summed E-state index contributed by atoms with van der Waals surface area (Å²) in [5.41, 5.74) is 1.24. The van der Waals surface area contributed by atoms with Gasteiger partial charge in [0.05, 0.1) is 13.7 Å². The van der Waals surface area contributed by atoms with Gasteiger partial charge in [-0.2, -0.15) is 5.26 Å². The van der Waals surface area contributed by atoms with Gasteiger partial charge in [0.25, 0.3) is 5.91 Å². The number of methoxy groups -OCH3 is 1. The van der Waals surface area contributed by atoms with E-state index in [0.29, 0.717) is 33.8 Å². The molecule has 5 nitrogen and oxygen atoms in total. The first-order valence-corrected chi connectivity index (χ1v) is 8.36. The second-order valence-electron chi connectivity index (χ2n) is 4.95. The third-order valence-electron chi connectivity index (χ3n) is 3.28. The fraction of sp³-hybridized carbons (Fsp3) is 0.158. The molecule has 1 amide bonds. The molecular formula is C19H17BrN2O3. The smallest absolute Gasteiger partial charge is 0.266 e. The molecule has 2 aromatic rings. The average molecular weight is 401 g/mol. The van der Waals surface area contributed by atoms with Crippen LogP contribution in [0.25, 0.3) is 6.08 Å². The van der Waals surface area contributed by atoms with E-state index in [1.165, 1.54) is 13.2 Å². The molecule has 0 radical (unpaired) electrons. The van der Waals surface area contributed by atoms with Crippen molar-refractivity contribution in [3.8, 4) is 17.6 Å². The second-order valence-corrected chi connectivity index (χ2v) is 5.80. The van der Waals surface area contributed by atoms with Gasteiger partial charge in [0.15, 0.2) is 11.5 Å². The van der Waals surface area contributed by atoms with Gasteiger partial charge in [-0.25, -0.2) is 0 Å². The van der Waals surface area contributed by atoms with Gasteiger partial charge in [-0.15, -0.1) is 0 Å². The van der Waals surface area contributed by atoms with E-state index in [9.17, 15) is 10.1 Å². The molecule has 25 heavy (non-hydrogen) atoms. The lowest BCUT2D eigenvalue weighted by Gasteiger charge is -2.11. The number of carbonyl (C=O) groups excluding carboxylic acids is 1. The van der Waals surface area contributed by atoms with Gasteiger partial charge in [-0.1, -0.05) is 34.1 Å². The van der Waals surface area contributed by atoms with Crippen LogP contribution in [0.15, 0.2) is 52.5 Å². The highest BCUT2D eigenvalue weighted by Crippen LogP contribution is 2.34. The number of hydrogen-bond donors (Lipinski definition) is 1. The van der Waals surface area contributed by atoms with Gasteiger partial charge in [0, 0.05) is 10.2 Å². The summed E-state index contributed by atoms with van der Waals surface area (Å²) in [5, 5.41) is 12.0. The van der Waals surface area contributed by atoms with E-state index in [-0.39, 0.29) is 5.57 Å². The molecular weight excluding hydrogens is 384 g/mol. The van der Waals surface area contributed by atoms with Gasteiger partial charge >= 0.3 is 0 Å². The molecule has 0 saturated carbocycles. The van der Waals surface area contributed by atoms with Crippen LogP contribution in [0.1, 0.15) is 12.5 Å². The zero-order chi connectivity index (χ0) is 18.2. The number of nitriles is 1. The first-order valence-electron chi connectivity index (χ1n) is 7.57. The Morgan fingerprint density at radius 1 is 1.28 bits per heavy atom. The summed E-state index contributed by atoms with van der Waals surface area (Å²) in [7, 11) is 1.53. The molecule has 0 atom stereocenters. The lowest BCUT2D eigenvalue weighted by molar-refractivity contribution is -0.112. The second kappa shape index (κ2) is 8.90. The van der Waals surface area contributed by atoms with Crippen LogP contribution in [0.3, 0.4) is 0 Å². The number of ether oxygens (including phenoxy) is 2. The predicted molar refractivity (Wildman–Crippen MR) is 101 cm³/mol. The molecule has 2 aromatic carbocycles. The molecule has 1 N–H and O–H groups in total. The molecule has 0 aliphatic rings. The first-order chi connectivity index (χ1) is 12.1. The zero-order valence-electron chi connectivity index (χ0n) is 13.9. The number of halogens is 1. The number of rotatable bonds is 6. The Balaban J connectivity index is 2.32. The van der Waals surface area contributed by atoms with Gasteiger partial charge < -0.3 is 14.8 Å². The van der Waals surface area contributed by atoms with Crippen LogP contribution >= 0.6 is 15.9 Å². The van der Waals surface area contributed by atoms with E-state index in [2.05, 4.69) is 21.2 Å². The fourth-order valence-electron chi connectivity index (χ4n) is 2.11. The van der Waals surface area contributed by atoms with Crippen LogP contribution in [0, 0.1) is 11.3 Å². The lowest BCUT2D eigenvalue weighted by atomic mass is 10.1. The third-order valence-corrected chi connectivity index (χ3v) is 3.97. The minimum atomic E-state index is -0.478. The minimum absolute atomic E-state index is 0.0178. The SMILES string of the molecule is CCOc1cc(Br)c(/C=C(\C#N)C(=O)Nc2ccccc2)cc1OC. The zero-order valence-corrected chi connectivity index (χ0v) is 15.5. The van der Waals surface area contributed by atoms with Crippen molar-refractivity contribution in [2.24, 2.45) is 0 Å². The van der Waals surface area contributed by atoms with E-state index in [1.807, 2.05) is 19.1 Å². The number of carbonyl (C=O) groups is 1. The Kier molecular flexibility index (Phi) is 6.61.